The first kappa shape index (κ1) is 79.9. The average Bonchev–Trinajstić information content (AvgIpc) is 1.42. The number of nitrogen functional groups attached to an aromatic ring is 1. The number of aryl methyl sites for hydroxylation is 2. The van der Waals surface area contributed by atoms with E-state index in [-0.39, 0.29) is 93.7 Å². The van der Waals surface area contributed by atoms with Gasteiger partial charge in [0.25, 0.3) is 5.91 Å². The van der Waals surface area contributed by atoms with E-state index < -0.39 is 76.6 Å². The molecule has 0 radical (unpaired) electrons. The van der Waals surface area contributed by atoms with Gasteiger partial charge in [-0.3, -0.25) is 13.9 Å². The number of alkyl carbamates (subject to hydrolysis) is 2. The van der Waals surface area contributed by atoms with Gasteiger partial charge >= 0.3 is 42.1 Å². The number of carboxylic acids is 1. The van der Waals surface area contributed by atoms with Gasteiger partial charge in [-0.1, -0.05) is 42.9 Å². The van der Waals surface area contributed by atoms with Crippen molar-refractivity contribution in [3.63, 3.8) is 0 Å². The van der Waals surface area contributed by atoms with Crippen LogP contribution < -0.4 is 46.5 Å². The quantitative estimate of drug-likeness (QED) is 0.00507. The van der Waals surface area contributed by atoms with Crippen LogP contribution in [0.3, 0.4) is 0 Å². The first-order valence-corrected chi connectivity index (χ1v) is 43.8. The van der Waals surface area contributed by atoms with Crippen molar-refractivity contribution in [2.24, 2.45) is 0 Å². The summed E-state index contributed by atoms with van der Waals surface area (Å²) in [7, 11) is -12.1. The predicted molar refractivity (Wildman–Crippen MR) is 397 cm³/mol. The first-order valence-electron chi connectivity index (χ1n) is 34.5. The van der Waals surface area contributed by atoms with Crippen molar-refractivity contribution in [3.05, 3.63) is 104 Å². The third kappa shape index (κ3) is 21.2. The Morgan fingerprint density at radius 1 is 0.857 bits per heavy atom. The van der Waals surface area contributed by atoms with E-state index in [4.69, 9.17) is 69.1 Å². The molecule has 1 fully saturated rings. The molecule has 8 heterocycles. The Bertz CT molecular complexity index is 4420. The highest BCUT2D eigenvalue weighted by Gasteiger charge is 2.42. The third-order valence-corrected chi connectivity index (χ3v) is 25.4. The highest BCUT2D eigenvalue weighted by molar-refractivity contribution is 8.77. The van der Waals surface area contributed by atoms with Crippen LogP contribution in [0.5, 0.6) is 11.5 Å². The van der Waals surface area contributed by atoms with Crippen LogP contribution in [0.2, 0.25) is 0 Å². The monoisotopic (exact) mass is 1590 g/mol. The average molecular weight is 1590 g/mol. The van der Waals surface area contributed by atoms with Gasteiger partial charge in [0.15, 0.2) is 0 Å². The molecule has 0 aliphatic carbocycles. The first-order chi connectivity index (χ1) is 50.4. The molecule has 0 bridgehead atoms. The van der Waals surface area contributed by atoms with E-state index in [0.717, 1.165) is 105 Å². The van der Waals surface area contributed by atoms with Gasteiger partial charge in [-0.2, -0.15) is 0 Å². The fraction of sp³-hybridized carbons (Fsp3) is 0.537. The number of carbonyl (C=O) groups excluding carboxylic acids is 3. The van der Waals surface area contributed by atoms with Crippen LogP contribution in [0.1, 0.15) is 131 Å². The SMILES string of the molecule is CS(=S)CO[C@H]1C[C@H](n2cc(C#CCNC(=O)OCCCCOCSSC(C)(C)CCOC(=O)NCCOCCOCCNC(=O)c3ccc(C(=O)O)c(C4=c5cc6c7c(c5Oc5c4cc4c8c5CCCN8CCC4)CCC[N+]=7CCC6)c3)c3c(N)ncnc32)O[C@@H]1COP(=O)(O)O[PH](=O)OP(=O)(O)O. The topological polar surface area (TPSA) is 401 Å². The van der Waals surface area contributed by atoms with E-state index >= 15 is 0 Å². The molecule has 3 aromatic carbocycles. The number of hydrogen-bond acceptors (Lipinski definition) is 25. The lowest BCUT2D eigenvalue weighted by Gasteiger charge is -2.39. The number of nitrogens with one attached hydrogen (secondary N) is 3. The number of unbranched alkanes of at least 4 members (excludes halogenated alkanes) is 1. The minimum atomic E-state index is -5.30. The molecule has 1 saturated heterocycles. The molecule has 2 aromatic heterocycles. The second-order valence-corrected chi connectivity index (χ2v) is 36.2. The molecule has 11 rings (SSSR count). The van der Waals surface area contributed by atoms with Crippen LogP contribution in [0.25, 0.3) is 16.6 Å². The van der Waals surface area contributed by atoms with Gasteiger partial charge in [0.05, 0.1) is 86.9 Å². The number of carbonyl (C=O) groups is 4. The Labute approximate surface area is 621 Å². The van der Waals surface area contributed by atoms with E-state index in [2.05, 4.69) is 68.0 Å². The maximum atomic E-state index is 13.9. The minimum absolute atomic E-state index is 0.0906. The molecule has 3 unspecified atom stereocenters. The molecule has 5 aromatic rings. The zero-order valence-electron chi connectivity index (χ0n) is 58.3. The summed E-state index contributed by atoms with van der Waals surface area (Å²) in [5.74, 6) is 6.68. The van der Waals surface area contributed by atoms with Crippen molar-refractivity contribution in [2.75, 3.05) is 127 Å². The second kappa shape index (κ2) is 36.9. The van der Waals surface area contributed by atoms with Gasteiger partial charge in [0.2, 0.25) is 5.36 Å². The molecule has 6 aliphatic rings. The molecular formula is C67H87N9O22P3S4+. The third-order valence-electron chi connectivity index (χ3n) is 18.1. The number of nitrogens with zero attached hydrogens (tertiary/aromatic N) is 5. The van der Waals surface area contributed by atoms with Crippen molar-refractivity contribution < 1.29 is 104 Å². The molecule has 6 atom stereocenters. The minimum Gasteiger partial charge on any atom is -0.478 e. The molecule has 105 heavy (non-hydrogen) atoms. The lowest BCUT2D eigenvalue weighted by Crippen LogP contribution is -2.45. The molecule has 3 amide bonds. The van der Waals surface area contributed by atoms with Crippen molar-refractivity contribution in [3.8, 4) is 23.3 Å². The summed E-state index contributed by atoms with van der Waals surface area (Å²) in [5.41, 5.74) is 15.8. The van der Waals surface area contributed by atoms with E-state index in [9.17, 15) is 42.9 Å². The number of anilines is 2. The van der Waals surface area contributed by atoms with Gasteiger partial charge in [-0.15, -0.1) is 0 Å². The van der Waals surface area contributed by atoms with E-state index in [1.54, 1.807) is 46.0 Å². The second-order valence-electron chi connectivity index (χ2n) is 26.0. The number of aromatic carboxylic acids is 1. The number of aromatic nitrogens is 3. The molecular weight excluding hydrogens is 1500 g/mol. The Morgan fingerprint density at radius 2 is 1.58 bits per heavy atom. The maximum Gasteiger partial charge on any atom is 0.479 e. The summed E-state index contributed by atoms with van der Waals surface area (Å²) in [5, 5.41) is 21.5. The standard InChI is InChI=1S/C67H86N9O22P3S4/c1-67(2,104-103-40-90-26-4-5-27-91-65(80)70-19-6-11-45-37-76(62-55(45)61(68)72-39-73-62)54-36-52(93-41-105(3)102)53(95-54)38-94-101(86,87)98-99(82)97-100(83,84)85)18-28-92-66(81)71-21-30-89-32-31-88-29-20-69-63(77)44-16-17-46(64(78)79)49(35-44)56-50-33-42-12-7-22-74-24-9-14-47(57(42)74)59(50)96-60-48-15-10-25-75-23-8-13-43(58(48)75)34-51(56)60/h16-17,33-35,37,39,52-54,99H,4-5,7-10,12-15,18-32,36,38,40-41H2,1-3H3,(H8-,68,69,70,71,72,73,77,78,79,80,81,83,84,85,86,87)/p+1/t52-,53+,54+,105?/m0/s1. The van der Waals surface area contributed by atoms with E-state index in [1.807, 2.05) is 13.8 Å². The molecule has 6 aliphatic heterocycles. The largest absolute Gasteiger partial charge is 0.479 e. The maximum absolute atomic E-state index is 13.9. The summed E-state index contributed by atoms with van der Waals surface area (Å²) in [6.07, 6.45) is 10.4. The Hall–Kier alpha value is -6.09. The molecule has 570 valence electrons. The zero-order valence-corrected chi connectivity index (χ0v) is 64.3. The van der Waals surface area contributed by atoms with Crippen molar-refractivity contribution in [1.82, 2.24) is 35.1 Å². The van der Waals surface area contributed by atoms with Crippen LogP contribution >= 0.6 is 45.5 Å². The number of amides is 3. The van der Waals surface area contributed by atoms with Gasteiger partial charge in [-0.05, 0) is 131 Å². The summed E-state index contributed by atoms with van der Waals surface area (Å²) in [6.45, 7) is 9.57. The van der Waals surface area contributed by atoms with Crippen LogP contribution in [0.4, 0.5) is 21.1 Å². The lowest BCUT2D eigenvalue weighted by molar-refractivity contribution is -0.0519. The molecule has 38 heteroatoms. The lowest BCUT2D eigenvalue weighted by atomic mass is 9.81. The van der Waals surface area contributed by atoms with Gasteiger partial charge < -0.3 is 88.8 Å². The molecule has 0 spiro atoms. The van der Waals surface area contributed by atoms with Crippen molar-refractivity contribution in [1.29, 1.82) is 0 Å². The van der Waals surface area contributed by atoms with E-state index in [1.165, 1.54) is 50.4 Å². The summed E-state index contributed by atoms with van der Waals surface area (Å²) >= 11 is 5.26. The predicted octanol–water partition coefficient (Wildman–Crippen LogP) is 6.69. The number of fused-ring (bicyclic) bond motifs is 5. The highest BCUT2D eigenvalue weighted by atomic mass is 33.1. The normalized spacial score (nSPS) is 18.5. The number of ether oxygens (including phenoxy) is 8. The molecule has 9 N–H and O–H groups in total. The van der Waals surface area contributed by atoms with Crippen LogP contribution in [-0.2, 0) is 106 Å². The Kier molecular flexibility index (Phi) is 28.1. The van der Waals surface area contributed by atoms with Crippen LogP contribution in [-0.4, -0.2) is 192 Å². The number of hydrogen-bond donors (Lipinski definition) is 8. The van der Waals surface area contributed by atoms with E-state index in [0.29, 0.717) is 59.5 Å². The Morgan fingerprint density at radius 3 is 2.35 bits per heavy atom. The summed E-state index contributed by atoms with van der Waals surface area (Å²) in [6, 6.07) is 9.31. The highest BCUT2D eigenvalue weighted by Crippen LogP contribution is 2.58. The molecule has 31 nitrogen and oxygen atoms in total. The fourth-order valence-corrected chi connectivity index (χ4v) is 18.8. The fourth-order valence-electron chi connectivity index (χ4n) is 13.5. The Balaban J connectivity index is 0.535. The molecule has 0 saturated carbocycles. The summed E-state index contributed by atoms with van der Waals surface area (Å²) in [4.78, 5) is 90.7. The number of rotatable bonds is 36. The van der Waals surface area contributed by atoms with Gasteiger partial charge in [0.1, 0.15) is 60.7 Å². The van der Waals surface area contributed by atoms with Crippen molar-refractivity contribution in [2.45, 2.75) is 114 Å². The number of phosphoric ester groups is 1. The van der Waals surface area contributed by atoms with Crippen LogP contribution in [0, 0.1) is 11.8 Å². The summed E-state index contributed by atoms with van der Waals surface area (Å²) < 4.78 is 99.3. The van der Waals surface area contributed by atoms with Gasteiger partial charge in [-0.25, -0.2) is 46.7 Å². The van der Waals surface area contributed by atoms with Gasteiger partial charge in [0, 0.05) is 102 Å². The number of benzene rings is 3. The van der Waals surface area contributed by atoms with Crippen LogP contribution in [0.15, 0.2) is 42.9 Å². The smallest absolute Gasteiger partial charge is 0.478 e. The zero-order chi connectivity index (χ0) is 74.4. The number of nitrogens with two attached hydrogens (primary N) is 1. The number of carboxylic acid groups (broad SMARTS) is 1. The van der Waals surface area contributed by atoms with Crippen molar-refractivity contribution >= 4 is 118 Å². The number of phosphoric acid groups is 2.